The summed E-state index contributed by atoms with van der Waals surface area (Å²) in [4.78, 5) is 11.2. The molecule has 5 nitrogen and oxygen atoms in total. The molecule has 5 rings (SSSR count). The molecule has 0 saturated heterocycles. The van der Waals surface area contributed by atoms with Gasteiger partial charge in [-0.1, -0.05) is 59.8 Å². The van der Waals surface area contributed by atoms with Crippen molar-refractivity contribution in [2.24, 2.45) is 0 Å². The Morgan fingerprint density at radius 3 is 2.21 bits per heavy atom. The molecule has 0 N–H and O–H groups in total. The molecular formula is C25H17F3N4O. The second kappa shape index (κ2) is 8.05. The van der Waals surface area contributed by atoms with Gasteiger partial charge in [0.1, 0.15) is 11.5 Å². The Kier molecular flexibility index (Phi) is 5.05. The third-order valence-corrected chi connectivity index (χ3v) is 5.27. The van der Waals surface area contributed by atoms with Gasteiger partial charge in [-0.3, -0.25) is 4.90 Å². The highest BCUT2D eigenvalue weighted by Crippen LogP contribution is 2.34. The number of aromatic nitrogens is 3. The maximum absolute atomic E-state index is 12.8. The minimum absolute atomic E-state index is 0.396. The highest BCUT2D eigenvalue weighted by Gasteiger charge is 2.30. The van der Waals surface area contributed by atoms with Crippen molar-refractivity contribution in [3.63, 3.8) is 0 Å². The molecule has 0 aliphatic heterocycles. The van der Waals surface area contributed by atoms with E-state index in [-0.39, 0.29) is 0 Å². The quantitative estimate of drug-likeness (QED) is 0.306. The zero-order valence-corrected chi connectivity index (χ0v) is 17.4. The molecule has 3 aromatic carbocycles. The summed E-state index contributed by atoms with van der Waals surface area (Å²) < 4.78 is 44.1. The molecule has 8 heteroatoms. The molecule has 5 aromatic rings. The van der Waals surface area contributed by atoms with Crippen LogP contribution in [0.4, 0.5) is 24.9 Å². The molecule has 0 aliphatic rings. The normalized spacial score (nSPS) is 11.6. The van der Waals surface area contributed by atoms with Crippen LogP contribution in [0, 0.1) is 0 Å². The van der Waals surface area contributed by atoms with E-state index in [0.717, 1.165) is 28.6 Å². The number of anilines is 2. The molecule has 164 valence electrons. The molecule has 0 bridgehead atoms. The van der Waals surface area contributed by atoms with Crippen LogP contribution >= 0.6 is 0 Å². The fraction of sp³-hybridized carbons (Fsp3) is 0.0800. The highest BCUT2D eigenvalue weighted by atomic mass is 19.4. The minimum Gasteiger partial charge on any atom is -0.338 e. The predicted octanol–water partition coefficient (Wildman–Crippen LogP) is 6.74. The summed E-state index contributed by atoms with van der Waals surface area (Å²) in [5, 5.41) is 4.87. The van der Waals surface area contributed by atoms with Gasteiger partial charge in [0.2, 0.25) is 5.88 Å². The lowest BCUT2D eigenvalue weighted by molar-refractivity contribution is -0.137. The maximum atomic E-state index is 12.8. The molecule has 0 unspecified atom stereocenters. The molecule has 0 radical (unpaired) electrons. The van der Waals surface area contributed by atoms with Crippen LogP contribution in [0.3, 0.4) is 0 Å². The van der Waals surface area contributed by atoms with E-state index >= 15 is 0 Å². The number of alkyl halides is 3. The molecule has 0 saturated carbocycles. The first-order valence-corrected chi connectivity index (χ1v) is 10.1. The van der Waals surface area contributed by atoms with Gasteiger partial charge in [0.05, 0.1) is 11.1 Å². The third kappa shape index (κ3) is 4.03. The maximum Gasteiger partial charge on any atom is 0.416 e. The zero-order chi connectivity index (χ0) is 23.0. The molecule has 0 aliphatic carbocycles. The largest absolute Gasteiger partial charge is 0.416 e. The van der Waals surface area contributed by atoms with Gasteiger partial charge < -0.3 is 4.52 Å². The second-order valence-electron chi connectivity index (χ2n) is 7.44. The number of fused-ring (bicyclic) bond motifs is 1. The molecule has 0 amide bonds. The van der Waals surface area contributed by atoms with Gasteiger partial charge in [-0.25, -0.2) is 9.97 Å². The smallest absolute Gasteiger partial charge is 0.338 e. The number of rotatable bonds is 4. The first-order chi connectivity index (χ1) is 15.9. The number of hydrogen-bond acceptors (Lipinski definition) is 5. The van der Waals surface area contributed by atoms with Crippen LogP contribution in [0.15, 0.2) is 89.5 Å². The second-order valence-corrected chi connectivity index (χ2v) is 7.44. The van der Waals surface area contributed by atoms with Gasteiger partial charge in [0.25, 0.3) is 0 Å². The zero-order valence-electron chi connectivity index (χ0n) is 17.4. The SMILES string of the molecule is CN(c1cc(-c2ccc(C(F)(F)F)cc2)no1)c1nc(-c2ccccc2)nc2ccccc12. The van der Waals surface area contributed by atoms with Crippen molar-refractivity contribution in [3.8, 4) is 22.6 Å². The monoisotopic (exact) mass is 446 g/mol. The molecule has 0 spiro atoms. The van der Waals surface area contributed by atoms with E-state index in [2.05, 4.69) is 10.1 Å². The summed E-state index contributed by atoms with van der Waals surface area (Å²) in [5.41, 5.74) is 1.88. The molecule has 0 fully saturated rings. The summed E-state index contributed by atoms with van der Waals surface area (Å²) in [6.45, 7) is 0. The van der Waals surface area contributed by atoms with Crippen LogP contribution in [0.5, 0.6) is 0 Å². The minimum atomic E-state index is -4.39. The van der Waals surface area contributed by atoms with Crippen molar-refractivity contribution in [1.29, 1.82) is 0 Å². The number of hydrogen-bond donors (Lipinski definition) is 0. The van der Waals surface area contributed by atoms with Crippen LogP contribution < -0.4 is 4.90 Å². The van der Waals surface area contributed by atoms with Gasteiger partial charge in [-0.2, -0.15) is 13.2 Å². The predicted molar refractivity (Wildman–Crippen MR) is 120 cm³/mol. The average Bonchev–Trinajstić information content (AvgIpc) is 3.33. The Labute approximate surface area is 187 Å². The van der Waals surface area contributed by atoms with Crippen LogP contribution in [0.2, 0.25) is 0 Å². The van der Waals surface area contributed by atoms with Crippen LogP contribution in [0.25, 0.3) is 33.5 Å². The van der Waals surface area contributed by atoms with Crippen molar-refractivity contribution >= 4 is 22.6 Å². The number of para-hydroxylation sites is 1. The summed E-state index contributed by atoms with van der Waals surface area (Å²) in [6, 6.07) is 23.7. The molecule has 0 atom stereocenters. The third-order valence-electron chi connectivity index (χ3n) is 5.27. The molecule has 2 heterocycles. The average molecular weight is 446 g/mol. The van der Waals surface area contributed by atoms with E-state index in [1.165, 1.54) is 12.1 Å². The first kappa shape index (κ1) is 20.7. The fourth-order valence-electron chi connectivity index (χ4n) is 3.53. The number of halogens is 3. The van der Waals surface area contributed by atoms with Gasteiger partial charge in [0.15, 0.2) is 5.82 Å². The van der Waals surface area contributed by atoms with Gasteiger partial charge >= 0.3 is 6.18 Å². The van der Waals surface area contributed by atoms with Crippen molar-refractivity contribution in [2.45, 2.75) is 6.18 Å². The summed E-state index contributed by atoms with van der Waals surface area (Å²) >= 11 is 0. The van der Waals surface area contributed by atoms with Crippen LogP contribution in [-0.2, 0) is 6.18 Å². The van der Waals surface area contributed by atoms with Crippen LogP contribution in [0.1, 0.15) is 5.56 Å². The van der Waals surface area contributed by atoms with Gasteiger partial charge in [-0.15, -0.1) is 0 Å². The standard InChI is InChI=1S/C25H17F3N4O/c1-32(22-15-21(31-33-22)16-11-13-18(14-12-16)25(26,27)28)24-19-9-5-6-10-20(19)29-23(30-24)17-7-3-2-4-8-17/h2-15H,1H3. The molecule has 33 heavy (non-hydrogen) atoms. The van der Waals surface area contributed by atoms with E-state index in [0.29, 0.717) is 28.8 Å². The Hall–Kier alpha value is -4.20. The summed E-state index contributed by atoms with van der Waals surface area (Å²) in [7, 11) is 1.79. The van der Waals surface area contributed by atoms with Crippen molar-refractivity contribution in [2.75, 3.05) is 11.9 Å². The van der Waals surface area contributed by atoms with Gasteiger partial charge in [0, 0.05) is 29.6 Å². The van der Waals surface area contributed by atoms with Gasteiger partial charge in [-0.05, 0) is 24.3 Å². The molecular weight excluding hydrogens is 429 g/mol. The van der Waals surface area contributed by atoms with Crippen LogP contribution in [-0.4, -0.2) is 22.2 Å². The number of nitrogens with zero attached hydrogens (tertiary/aromatic N) is 4. The lowest BCUT2D eigenvalue weighted by atomic mass is 10.1. The Morgan fingerprint density at radius 2 is 1.48 bits per heavy atom. The fourth-order valence-corrected chi connectivity index (χ4v) is 3.53. The summed E-state index contributed by atoms with van der Waals surface area (Å²) in [6.07, 6.45) is -4.39. The van der Waals surface area contributed by atoms with E-state index in [1.54, 1.807) is 18.0 Å². The van der Waals surface area contributed by atoms with E-state index < -0.39 is 11.7 Å². The highest BCUT2D eigenvalue weighted by molar-refractivity contribution is 5.92. The Bertz CT molecular complexity index is 1410. The van der Waals surface area contributed by atoms with Crippen molar-refractivity contribution in [3.05, 3.63) is 90.5 Å². The molecule has 2 aromatic heterocycles. The topological polar surface area (TPSA) is 55.1 Å². The van der Waals surface area contributed by atoms with Crippen molar-refractivity contribution in [1.82, 2.24) is 15.1 Å². The van der Waals surface area contributed by atoms with E-state index in [9.17, 15) is 13.2 Å². The number of benzene rings is 3. The Balaban J connectivity index is 1.53. The van der Waals surface area contributed by atoms with E-state index in [1.807, 2.05) is 54.6 Å². The van der Waals surface area contributed by atoms with Crippen molar-refractivity contribution < 1.29 is 17.7 Å². The lowest BCUT2D eigenvalue weighted by Gasteiger charge is -2.17. The first-order valence-electron chi connectivity index (χ1n) is 10.1. The van der Waals surface area contributed by atoms with E-state index in [4.69, 9.17) is 9.51 Å². The summed E-state index contributed by atoms with van der Waals surface area (Å²) in [5.74, 6) is 1.58. The Morgan fingerprint density at radius 1 is 0.788 bits per heavy atom. The lowest BCUT2D eigenvalue weighted by Crippen LogP contribution is -2.12.